The highest BCUT2D eigenvalue weighted by Crippen LogP contribution is 2.28. The van der Waals surface area contributed by atoms with Gasteiger partial charge >= 0.3 is 0 Å². The first kappa shape index (κ1) is 24.1. The molecular weight excluding hydrogens is 456 g/mol. The number of hydrogen-bond acceptors (Lipinski definition) is 6. The minimum Gasteiger partial charge on any atom is -0.387 e. The summed E-state index contributed by atoms with van der Waals surface area (Å²) in [5.74, 6) is -0.400. The molecule has 34 heavy (non-hydrogen) atoms. The number of sulfonamides is 1. The molecule has 8 nitrogen and oxygen atoms in total. The molecule has 178 valence electrons. The van der Waals surface area contributed by atoms with Crippen molar-refractivity contribution in [2.24, 2.45) is 0 Å². The third-order valence-corrected chi connectivity index (χ3v) is 7.26. The third-order valence-electron chi connectivity index (χ3n) is 5.78. The maximum absolute atomic E-state index is 13.1. The molecule has 1 saturated heterocycles. The van der Waals surface area contributed by atoms with Crippen LogP contribution >= 0.6 is 0 Å². The van der Waals surface area contributed by atoms with E-state index in [2.05, 4.69) is 10.0 Å². The maximum Gasteiger partial charge on any atom is 0.251 e. The van der Waals surface area contributed by atoms with Gasteiger partial charge in [-0.2, -0.15) is 0 Å². The van der Waals surface area contributed by atoms with Gasteiger partial charge in [-0.05, 0) is 23.8 Å². The van der Waals surface area contributed by atoms with Gasteiger partial charge in [0.15, 0.2) is 0 Å². The van der Waals surface area contributed by atoms with Crippen molar-refractivity contribution in [3.05, 3.63) is 90.5 Å². The largest absolute Gasteiger partial charge is 0.387 e. The predicted octanol–water partition coefficient (Wildman–Crippen LogP) is 1.55. The number of rotatable bonds is 8. The first-order valence-electron chi connectivity index (χ1n) is 10.8. The van der Waals surface area contributed by atoms with Gasteiger partial charge in [-0.15, -0.1) is 0 Å². The number of amides is 1. The van der Waals surface area contributed by atoms with Crippen LogP contribution in [-0.2, 0) is 14.8 Å². The van der Waals surface area contributed by atoms with E-state index in [4.69, 9.17) is 4.74 Å². The van der Waals surface area contributed by atoms with Crippen LogP contribution in [0.1, 0.15) is 10.4 Å². The number of aliphatic hydroxyl groups is 2. The SMILES string of the molecule is O=C(NC[C@]1(O)CO[C@H](CNS(=O)(=O)c2ccccc2-c2ccccc2)[C@H]1O)c1ccccc1. The number of carbonyl (C=O) groups is 1. The molecule has 1 amide bonds. The highest BCUT2D eigenvalue weighted by Gasteiger charge is 2.48. The Morgan fingerprint density at radius 2 is 1.59 bits per heavy atom. The van der Waals surface area contributed by atoms with Crippen molar-refractivity contribution in [2.45, 2.75) is 22.7 Å². The van der Waals surface area contributed by atoms with Gasteiger partial charge in [0.25, 0.3) is 5.91 Å². The molecule has 4 rings (SSSR count). The average Bonchev–Trinajstić information content (AvgIpc) is 3.16. The molecule has 1 fully saturated rings. The number of hydrogen-bond donors (Lipinski definition) is 4. The quantitative estimate of drug-likeness (QED) is 0.386. The van der Waals surface area contributed by atoms with Crippen molar-refractivity contribution in [3.63, 3.8) is 0 Å². The third kappa shape index (κ3) is 5.19. The summed E-state index contributed by atoms with van der Waals surface area (Å²) in [5, 5.41) is 24.0. The molecule has 4 N–H and O–H groups in total. The predicted molar refractivity (Wildman–Crippen MR) is 127 cm³/mol. The first-order chi connectivity index (χ1) is 16.3. The van der Waals surface area contributed by atoms with E-state index in [1.165, 1.54) is 6.07 Å². The van der Waals surface area contributed by atoms with E-state index in [9.17, 15) is 23.4 Å². The van der Waals surface area contributed by atoms with E-state index >= 15 is 0 Å². The van der Waals surface area contributed by atoms with Crippen molar-refractivity contribution >= 4 is 15.9 Å². The van der Waals surface area contributed by atoms with Crippen LogP contribution < -0.4 is 10.0 Å². The Morgan fingerprint density at radius 3 is 2.29 bits per heavy atom. The number of carbonyl (C=O) groups excluding carboxylic acids is 1. The zero-order valence-electron chi connectivity index (χ0n) is 18.3. The fourth-order valence-corrected chi connectivity index (χ4v) is 5.12. The highest BCUT2D eigenvalue weighted by atomic mass is 32.2. The molecular formula is C25H26N2O6S. The fourth-order valence-electron chi connectivity index (χ4n) is 3.85. The lowest BCUT2D eigenvalue weighted by atomic mass is 9.96. The molecule has 0 unspecified atom stereocenters. The van der Waals surface area contributed by atoms with Crippen molar-refractivity contribution in [1.82, 2.24) is 10.0 Å². The van der Waals surface area contributed by atoms with Gasteiger partial charge in [-0.1, -0.05) is 66.7 Å². The Bertz CT molecular complexity index is 1240. The standard InChI is InChI=1S/C25H26N2O6S/c28-23-21(33-17-25(23,30)16-26-24(29)19-11-5-2-6-12-19)15-27-34(31,32)22-14-8-7-13-20(22)18-9-3-1-4-10-18/h1-14,21,23,27-28,30H,15-17H2,(H,26,29)/t21-,23-,25+/m1/s1. The smallest absolute Gasteiger partial charge is 0.251 e. The molecule has 1 aliphatic heterocycles. The number of benzene rings is 3. The number of aliphatic hydroxyl groups excluding tert-OH is 1. The Morgan fingerprint density at radius 1 is 0.971 bits per heavy atom. The van der Waals surface area contributed by atoms with Crippen LogP contribution in [0.2, 0.25) is 0 Å². The van der Waals surface area contributed by atoms with Gasteiger partial charge in [0.2, 0.25) is 10.0 Å². The van der Waals surface area contributed by atoms with Crippen LogP contribution in [-0.4, -0.2) is 62.0 Å². The molecule has 0 aromatic heterocycles. The lowest BCUT2D eigenvalue weighted by Gasteiger charge is -2.26. The van der Waals surface area contributed by atoms with E-state index in [0.29, 0.717) is 11.1 Å². The van der Waals surface area contributed by atoms with Gasteiger partial charge in [-0.3, -0.25) is 4.79 Å². The zero-order valence-corrected chi connectivity index (χ0v) is 19.1. The molecule has 3 atom stereocenters. The van der Waals surface area contributed by atoms with Crippen molar-refractivity contribution in [1.29, 1.82) is 0 Å². The second-order valence-electron chi connectivity index (χ2n) is 8.16. The average molecular weight is 483 g/mol. The summed E-state index contributed by atoms with van der Waals surface area (Å²) >= 11 is 0. The van der Waals surface area contributed by atoms with Crippen LogP contribution in [0, 0.1) is 0 Å². The fraction of sp³-hybridized carbons (Fsp3) is 0.240. The van der Waals surface area contributed by atoms with Crippen LogP contribution in [0.5, 0.6) is 0 Å². The van der Waals surface area contributed by atoms with Gasteiger partial charge in [-0.25, -0.2) is 13.1 Å². The van der Waals surface area contributed by atoms with E-state index < -0.39 is 33.7 Å². The Hall–Kier alpha value is -3.08. The van der Waals surface area contributed by atoms with Gasteiger partial charge in [0.1, 0.15) is 17.8 Å². The molecule has 0 aliphatic carbocycles. The van der Waals surface area contributed by atoms with Gasteiger partial charge < -0.3 is 20.3 Å². The molecule has 0 bridgehead atoms. The van der Waals surface area contributed by atoms with Crippen LogP contribution in [0.3, 0.4) is 0 Å². The lowest BCUT2D eigenvalue weighted by molar-refractivity contribution is -0.0462. The van der Waals surface area contributed by atoms with Crippen LogP contribution in [0.4, 0.5) is 0 Å². The number of ether oxygens (including phenoxy) is 1. The highest BCUT2D eigenvalue weighted by molar-refractivity contribution is 7.89. The summed E-state index contributed by atoms with van der Waals surface area (Å²) in [6, 6.07) is 24.2. The van der Waals surface area contributed by atoms with E-state index in [0.717, 1.165) is 5.56 Å². The summed E-state index contributed by atoms with van der Waals surface area (Å²) in [4.78, 5) is 12.4. The van der Waals surface area contributed by atoms with E-state index in [1.807, 2.05) is 30.3 Å². The normalized spacial score (nSPS) is 22.4. The molecule has 1 heterocycles. The molecule has 0 saturated carbocycles. The Balaban J connectivity index is 1.40. The van der Waals surface area contributed by atoms with E-state index in [1.54, 1.807) is 48.5 Å². The topological polar surface area (TPSA) is 125 Å². The molecule has 3 aromatic rings. The van der Waals surface area contributed by atoms with Gasteiger partial charge in [0, 0.05) is 17.7 Å². The molecule has 3 aromatic carbocycles. The Labute approximate surface area is 198 Å². The van der Waals surface area contributed by atoms with Gasteiger partial charge in [0.05, 0.1) is 18.0 Å². The summed E-state index contributed by atoms with van der Waals surface area (Å²) in [7, 11) is -3.94. The van der Waals surface area contributed by atoms with Crippen LogP contribution in [0.25, 0.3) is 11.1 Å². The Kier molecular flexibility index (Phi) is 7.11. The summed E-state index contributed by atoms with van der Waals surface area (Å²) in [5.41, 5.74) is -0.0312. The van der Waals surface area contributed by atoms with Crippen molar-refractivity contribution in [3.8, 4) is 11.1 Å². The van der Waals surface area contributed by atoms with Crippen molar-refractivity contribution < 1.29 is 28.2 Å². The monoisotopic (exact) mass is 482 g/mol. The second-order valence-corrected chi connectivity index (χ2v) is 9.90. The lowest BCUT2D eigenvalue weighted by Crippen LogP contribution is -2.53. The summed E-state index contributed by atoms with van der Waals surface area (Å²) in [6.07, 6.45) is -2.40. The van der Waals surface area contributed by atoms with E-state index in [-0.39, 0.29) is 24.6 Å². The minimum absolute atomic E-state index is 0.0964. The second kappa shape index (κ2) is 10.0. The van der Waals surface area contributed by atoms with Crippen LogP contribution in [0.15, 0.2) is 89.8 Å². The number of nitrogens with one attached hydrogen (secondary N) is 2. The summed E-state index contributed by atoms with van der Waals surface area (Å²) < 4.78 is 34.1. The van der Waals surface area contributed by atoms with Crippen molar-refractivity contribution in [2.75, 3.05) is 19.7 Å². The first-order valence-corrected chi connectivity index (χ1v) is 12.3. The summed E-state index contributed by atoms with van der Waals surface area (Å²) in [6.45, 7) is -0.750. The molecule has 0 radical (unpaired) electrons. The zero-order chi connectivity index (χ0) is 24.2. The molecule has 9 heteroatoms. The maximum atomic E-state index is 13.1. The molecule has 1 aliphatic rings. The molecule has 0 spiro atoms. The minimum atomic E-state index is -3.94.